The minimum absolute atomic E-state index is 0.0155. The Labute approximate surface area is 153 Å². The van der Waals surface area contributed by atoms with Crippen molar-refractivity contribution in [1.29, 1.82) is 5.26 Å². The van der Waals surface area contributed by atoms with E-state index in [1.54, 1.807) is 16.9 Å². The van der Waals surface area contributed by atoms with Crippen molar-refractivity contribution in [2.24, 2.45) is 11.1 Å². The Morgan fingerprint density at radius 3 is 2.92 bits per heavy atom. The van der Waals surface area contributed by atoms with E-state index in [4.69, 9.17) is 15.2 Å². The standard InChI is InChI=1S/C19H24N4O3/c1-5-25-11(2)23-13(6-7-22-23)16-12(10-20)18(21)26-15-9-19(3,4)8-14(24)17(15)16/h6-7,11,16H,5,8-9,21H2,1-4H3/t11-,16-/m0/s1. The van der Waals surface area contributed by atoms with E-state index in [2.05, 4.69) is 11.2 Å². The summed E-state index contributed by atoms with van der Waals surface area (Å²) in [7, 11) is 0. The zero-order chi connectivity index (χ0) is 19.1. The summed E-state index contributed by atoms with van der Waals surface area (Å²) in [5.74, 6) is 0.0131. The van der Waals surface area contributed by atoms with Crippen molar-refractivity contribution in [3.63, 3.8) is 0 Å². The molecule has 1 aliphatic carbocycles. The van der Waals surface area contributed by atoms with E-state index in [9.17, 15) is 10.1 Å². The van der Waals surface area contributed by atoms with Crippen LogP contribution in [0.4, 0.5) is 0 Å². The van der Waals surface area contributed by atoms with Crippen LogP contribution in [0.5, 0.6) is 0 Å². The number of rotatable bonds is 4. The van der Waals surface area contributed by atoms with Crippen molar-refractivity contribution in [3.05, 3.63) is 40.7 Å². The molecule has 0 saturated heterocycles. The van der Waals surface area contributed by atoms with Crippen molar-refractivity contribution >= 4 is 5.78 Å². The molecule has 2 atom stereocenters. The number of nitrogens with zero attached hydrogens (tertiary/aromatic N) is 3. The predicted molar refractivity (Wildman–Crippen MR) is 94.3 cm³/mol. The fraction of sp³-hybridized carbons (Fsp3) is 0.526. The second-order valence-corrected chi connectivity index (χ2v) is 7.46. The Hall–Kier alpha value is -2.59. The molecule has 2 heterocycles. The van der Waals surface area contributed by atoms with E-state index in [0.717, 1.165) is 0 Å². The molecule has 1 aromatic rings. The Kier molecular flexibility index (Phi) is 4.63. The molecule has 0 aromatic carbocycles. The molecule has 0 spiro atoms. The Morgan fingerprint density at radius 1 is 1.54 bits per heavy atom. The lowest BCUT2D eigenvalue weighted by molar-refractivity contribution is -0.119. The van der Waals surface area contributed by atoms with Crippen LogP contribution in [0.3, 0.4) is 0 Å². The van der Waals surface area contributed by atoms with Crippen LogP contribution in [0, 0.1) is 16.7 Å². The van der Waals surface area contributed by atoms with Crippen molar-refractivity contribution in [2.75, 3.05) is 6.61 Å². The number of carbonyl (C=O) groups excluding carboxylic acids is 1. The number of ether oxygens (including phenoxy) is 2. The van der Waals surface area contributed by atoms with Gasteiger partial charge in [-0.25, -0.2) is 4.68 Å². The van der Waals surface area contributed by atoms with Crippen LogP contribution in [-0.2, 0) is 14.3 Å². The number of nitriles is 1. The molecule has 0 fully saturated rings. The molecule has 1 aliphatic heterocycles. The summed E-state index contributed by atoms with van der Waals surface area (Å²) in [6.45, 7) is 8.35. The highest BCUT2D eigenvalue weighted by Crippen LogP contribution is 2.48. The molecule has 0 saturated carbocycles. The highest BCUT2D eigenvalue weighted by atomic mass is 16.5. The van der Waals surface area contributed by atoms with Crippen molar-refractivity contribution in [3.8, 4) is 6.07 Å². The fourth-order valence-corrected chi connectivity index (χ4v) is 3.75. The minimum Gasteiger partial charge on any atom is -0.444 e. The Bertz CT molecular complexity index is 841. The van der Waals surface area contributed by atoms with Crippen LogP contribution < -0.4 is 5.73 Å². The molecule has 138 valence electrons. The number of allylic oxidation sites excluding steroid dienone is 3. The fourth-order valence-electron chi connectivity index (χ4n) is 3.75. The molecular formula is C19H24N4O3. The van der Waals surface area contributed by atoms with Gasteiger partial charge in [0.25, 0.3) is 0 Å². The van der Waals surface area contributed by atoms with Gasteiger partial charge in [-0.2, -0.15) is 10.4 Å². The predicted octanol–water partition coefficient (Wildman–Crippen LogP) is 2.89. The molecule has 7 heteroatoms. The first kappa shape index (κ1) is 18.2. The normalized spacial score (nSPS) is 23.3. The third-order valence-corrected chi connectivity index (χ3v) is 4.82. The molecular weight excluding hydrogens is 332 g/mol. The summed E-state index contributed by atoms with van der Waals surface area (Å²) in [6.07, 6.45) is 2.31. The number of Topliss-reactive ketones (excluding diaryl/α,β-unsaturated/α-hetero) is 1. The maximum atomic E-state index is 13.0. The lowest BCUT2D eigenvalue weighted by Gasteiger charge is -2.37. The van der Waals surface area contributed by atoms with Gasteiger partial charge in [-0.15, -0.1) is 0 Å². The molecule has 1 aromatic heterocycles. The third-order valence-electron chi connectivity index (χ3n) is 4.82. The molecule has 26 heavy (non-hydrogen) atoms. The van der Waals surface area contributed by atoms with E-state index in [-0.39, 0.29) is 28.9 Å². The zero-order valence-electron chi connectivity index (χ0n) is 15.6. The maximum Gasteiger partial charge on any atom is 0.205 e. The maximum absolute atomic E-state index is 13.0. The summed E-state index contributed by atoms with van der Waals surface area (Å²) in [5, 5.41) is 14.0. The molecule has 0 unspecified atom stereocenters. The summed E-state index contributed by atoms with van der Waals surface area (Å²) in [4.78, 5) is 13.0. The first-order chi connectivity index (χ1) is 12.3. The third kappa shape index (κ3) is 3.01. The van der Waals surface area contributed by atoms with Gasteiger partial charge in [-0.05, 0) is 25.3 Å². The molecule has 2 N–H and O–H groups in total. The summed E-state index contributed by atoms with van der Waals surface area (Å²) >= 11 is 0. The van der Waals surface area contributed by atoms with Gasteiger partial charge in [0.15, 0.2) is 5.78 Å². The van der Waals surface area contributed by atoms with Crippen LogP contribution in [0.25, 0.3) is 0 Å². The molecule has 2 aliphatic rings. The number of aromatic nitrogens is 2. The van der Waals surface area contributed by atoms with Gasteiger partial charge >= 0.3 is 0 Å². The van der Waals surface area contributed by atoms with Gasteiger partial charge in [0, 0.05) is 31.2 Å². The highest BCUT2D eigenvalue weighted by Gasteiger charge is 2.44. The molecule has 7 nitrogen and oxygen atoms in total. The number of carbonyl (C=O) groups is 1. The SMILES string of the molecule is CCO[C@@H](C)n1nccc1[C@@H]1C(C#N)=C(N)OC2=C1C(=O)CC(C)(C)C2. The van der Waals surface area contributed by atoms with E-state index in [1.165, 1.54) is 0 Å². The van der Waals surface area contributed by atoms with Crippen LogP contribution in [0.2, 0.25) is 0 Å². The number of hydrogen-bond acceptors (Lipinski definition) is 6. The number of hydrogen-bond donors (Lipinski definition) is 1. The van der Waals surface area contributed by atoms with Crippen LogP contribution >= 0.6 is 0 Å². The number of nitrogens with two attached hydrogens (primary N) is 1. The first-order valence-corrected chi connectivity index (χ1v) is 8.78. The molecule has 0 radical (unpaired) electrons. The average Bonchev–Trinajstić information content (AvgIpc) is 3.01. The summed E-state index contributed by atoms with van der Waals surface area (Å²) < 4.78 is 13.1. The van der Waals surface area contributed by atoms with E-state index in [1.807, 2.05) is 27.7 Å². The van der Waals surface area contributed by atoms with Gasteiger partial charge < -0.3 is 15.2 Å². The average molecular weight is 356 g/mol. The van der Waals surface area contributed by atoms with E-state index >= 15 is 0 Å². The molecule has 0 bridgehead atoms. The molecule has 3 rings (SSSR count). The first-order valence-electron chi connectivity index (χ1n) is 8.78. The van der Waals surface area contributed by atoms with E-state index in [0.29, 0.717) is 36.5 Å². The van der Waals surface area contributed by atoms with Gasteiger partial charge in [0.05, 0.1) is 11.6 Å². The van der Waals surface area contributed by atoms with Gasteiger partial charge in [-0.1, -0.05) is 13.8 Å². The van der Waals surface area contributed by atoms with Gasteiger partial charge in [0.2, 0.25) is 5.88 Å². The largest absolute Gasteiger partial charge is 0.444 e. The van der Waals surface area contributed by atoms with Crippen molar-refractivity contribution in [1.82, 2.24) is 9.78 Å². The smallest absolute Gasteiger partial charge is 0.205 e. The monoisotopic (exact) mass is 356 g/mol. The van der Waals surface area contributed by atoms with Gasteiger partial charge in [-0.3, -0.25) is 4.79 Å². The Morgan fingerprint density at radius 2 is 2.27 bits per heavy atom. The summed E-state index contributed by atoms with van der Waals surface area (Å²) in [6, 6.07) is 3.93. The topological polar surface area (TPSA) is 103 Å². The van der Waals surface area contributed by atoms with E-state index < -0.39 is 5.92 Å². The molecule has 0 amide bonds. The van der Waals surface area contributed by atoms with Crippen LogP contribution in [-0.4, -0.2) is 22.2 Å². The number of ketones is 1. The van der Waals surface area contributed by atoms with Crippen LogP contribution in [0.15, 0.2) is 35.1 Å². The van der Waals surface area contributed by atoms with Crippen molar-refractivity contribution in [2.45, 2.75) is 52.7 Å². The lowest BCUT2D eigenvalue weighted by Crippen LogP contribution is -2.34. The van der Waals surface area contributed by atoms with Gasteiger partial charge in [0.1, 0.15) is 23.6 Å². The second-order valence-electron chi connectivity index (χ2n) is 7.46. The van der Waals surface area contributed by atoms with Crippen LogP contribution in [0.1, 0.15) is 58.4 Å². The minimum atomic E-state index is -0.585. The lowest BCUT2D eigenvalue weighted by atomic mass is 9.71. The zero-order valence-corrected chi connectivity index (χ0v) is 15.6. The summed E-state index contributed by atoms with van der Waals surface area (Å²) in [5.41, 5.74) is 7.29. The quantitative estimate of drug-likeness (QED) is 0.890. The van der Waals surface area contributed by atoms with Crippen molar-refractivity contribution < 1.29 is 14.3 Å². The Balaban J connectivity index is 2.15. The highest BCUT2D eigenvalue weighted by molar-refractivity contribution is 5.99. The second kappa shape index (κ2) is 6.61.